The van der Waals surface area contributed by atoms with Crippen molar-refractivity contribution in [1.82, 2.24) is 0 Å². The second-order valence-corrected chi connectivity index (χ2v) is 5.85. The standard InChI is InChI=1S/C15H15ClN2OS/c1-10-5-6-14(13(16)7-10)18-15(19)9-20-12-4-2-3-11(17)8-12/h2-8H,9,17H2,1H3,(H,18,19). The zero-order valence-electron chi connectivity index (χ0n) is 11.0. The molecule has 0 aliphatic rings. The average molecular weight is 307 g/mol. The lowest BCUT2D eigenvalue weighted by molar-refractivity contribution is -0.113. The van der Waals surface area contributed by atoms with Crippen molar-refractivity contribution in [2.45, 2.75) is 11.8 Å². The van der Waals surface area contributed by atoms with Crippen molar-refractivity contribution in [2.24, 2.45) is 0 Å². The molecule has 3 nitrogen and oxygen atoms in total. The van der Waals surface area contributed by atoms with Gasteiger partial charge in [0, 0.05) is 10.6 Å². The zero-order chi connectivity index (χ0) is 14.5. The second-order valence-electron chi connectivity index (χ2n) is 4.39. The molecule has 2 aromatic rings. The summed E-state index contributed by atoms with van der Waals surface area (Å²) in [6.07, 6.45) is 0. The van der Waals surface area contributed by atoms with Crippen LogP contribution in [0.3, 0.4) is 0 Å². The number of rotatable bonds is 4. The lowest BCUT2D eigenvalue weighted by Gasteiger charge is -2.08. The fraction of sp³-hybridized carbons (Fsp3) is 0.133. The molecule has 2 aromatic carbocycles. The van der Waals surface area contributed by atoms with Gasteiger partial charge >= 0.3 is 0 Å². The predicted octanol–water partition coefficient (Wildman–Crippen LogP) is 3.96. The van der Waals surface area contributed by atoms with Gasteiger partial charge in [-0.3, -0.25) is 4.79 Å². The van der Waals surface area contributed by atoms with Crippen LogP contribution >= 0.6 is 23.4 Å². The highest BCUT2D eigenvalue weighted by atomic mass is 35.5. The van der Waals surface area contributed by atoms with Crippen molar-refractivity contribution >= 4 is 40.6 Å². The number of thioether (sulfide) groups is 1. The van der Waals surface area contributed by atoms with Gasteiger partial charge in [-0.15, -0.1) is 11.8 Å². The first-order valence-corrected chi connectivity index (χ1v) is 7.45. The number of carbonyl (C=O) groups excluding carboxylic acids is 1. The molecule has 0 saturated carbocycles. The van der Waals surface area contributed by atoms with E-state index in [-0.39, 0.29) is 5.91 Å². The Balaban J connectivity index is 1.92. The van der Waals surface area contributed by atoms with E-state index >= 15 is 0 Å². The van der Waals surface area contributed by atoms with Gasteiger partial charge in [-0.25, -0.2) is 0 Å². The normalized spacial score (nSPS) is 10.3. The first kappa shape index (κ1) is 14.8. The molecule has 20 heavy (non-hydrogen) atoms. The van der Waals surface area contributed by atoms with Gasteiger partial charge in [0.1, 0.15) is 0 Å². The minimum absolute atomic E-state index is 0.0943. The van der Waals surface area contributed by atoms with Crippen LogP contribution in [0, 0.1) is 6.92 Å². The fourth-order valence-electron chi connectivity index (χ4n) is 1.66. The molecule has 0 bridgehead atoms. The van der Waals surface area contributed by atoms with Crippen LogP contribution in [-0.2, 0) is 4.79 Å². The molecule has 104 valence electrons. The van der Waals surface area contributed by atoms with Crippen LogP contribution < -0.4 is 11.1 Å². The Morgan fingerprint density at radius 1 is 1.30 bits per heavy atom. The molecule has 0 unspecified atom stereocenters. The highest BCUT2D eigenvalue weighted by Gasteiger charge is 2.07. The monoisotopic (exact) mass is 306 g/mol. The fourth-order valence-corrected chi connectivity index (χ4v) is 2.71. The minimum Gasteiger partial charge on any atom is -0.399 e. The van der Waals surface area contributed by atoms with Crippen LogP contribution in [0.2, 0.25) is 5.02 Å². The SMILES string of the molecule is Cc1ccc(NC(=O)CSc2cccc(N)c2)c(Cl)c1. The van der Waals surface area contributed by atoms with Crippen LogP contribution in [0.25, 0.3) is 0 Å². The molecule has 0 aliphatic heterocycles. The minimum atomic E-state index is -0.0943. The molecule has 0 atom stereocenters. The third-order valence-electron chi connectivity index (χ3n) is 2.63. The van der Waals surface area contributed by atoms with Gasteiger partial charge in [-0.2, -0.15) is 0 Å². The third-order valence-corrected chi connectivity index (χ3v) is 3.93. The third kappa shape index (κ3) is 4.18. The Kier molecular flexibility index (Phi) is 4.93. The maximum absolute atomic E-state index is 11.9. The number of anilines is 2. The lowest BCUT2D eigenvalue weighted by atomic mass is 10.2. The summed E-state index contributed by atoms with van der Waals surface area (Å²) >= 11 is 7.51. The van der Waals surface area contributed by atoms with Crippen molar-refractivity contribution < 1.29 is 4.79 Å². The van der Waals surface area contributed by atoms with Gasteiger partial charge in [0.25, 0.3) is 0 Å². The van der Waals surface area contributed by atoms with Crippen LogP contribution in [0.5, 0.6) is 0 Å². The van der Waals surface area contributed by atoms with E-state index in [0.717, 1.165) is 10.5 Å². The van der Waals surface area contributed by atoms with Crippen LogP contribution in [0.4, 0.5) is 11.4 Å². The first-order valence-electron chi connectivity index (χ1n) is 6.09. The van der Waals surface area contributed by atoms with E-state index in [1.807, 2.05) is 43.3 Å². The smallest absolute Gasteiger partial charge is 0.234 e. The molecular formula is C15H15ClN2OS. The molecule has 3 N–H and O–H groups in total. The molecule has 0 aromatic heterocycles. The lowest BCUT2D eigenvalue weighted by Crippen LogP contribution is -2.14. The number of hydrogen-bond acceptors (Lipinski definition) is 3. The first-order chi connectivity index (χ1) is 9.54. The maximum Gasteiger partial charge on any atom is 0.234 e. The van der Waals surface area contributed by atoms with E-state index < -0.39 is 0 Å². The molecule has 1 amide bonds. The van der Waals surface area contributed by atoms with Crippen molar-refractivity contribution in [3.8, 4) is 0 Å². The van der Waals surface area contributed by atoms with Gasteiger partial charge in [0.05, 0.1) is 16.5 Å². The van der Waals surface area contributed by atoms with Crippen LogP contribution in [0.15, 0.2) is 47.4 Å². The number of aryl methyl sites for hydroxylation is 1. The van der Waals surface area contributed by atoms with Gasteiger partial charge in [0.15, 0.2) is 0 Å². The van der Waals surface area contributed by atoms with E-state index in [1.165, 1.54) is 11.8 Å². The molecule has 0 fully saturated rings. The van der Waals surface area contributed by atoms with Crippen molar-refractivity contribution in [3.63, 3.8) is 0 Å². The van der Waals surface area contributed by atoms with Gasteiger partial charge in [-0.05, 0) is 42.8 Å². The number of carbonyl (C=O) groups is 1. The Bertz CT molecular complexity index is 631. The summed E-state index contributed by atoms with van der Waals surface area (Å²) in [6, 6.07) is 13.0. The number of nitrogen functional groups attached to an aromatic ring is 1. The highest BCUT2D eigenvalue weighted by Crippen LogP contribution is 2.24. The summed E-state index contributed by atoms with van der Waals surface area (Å²) in [6.45, 7) is 1.95. The number of amides is 1. The quantitative estimate of drug-likeness (QED) is 0.664. The van der Waals surface area contributed by atoms with Crippen molar-refractivity contribution in [2.75, 3.05) is 16.8 Å². The summed E-state index contributed by atoms with van der Waals surface area (Å²) < 4.78 is 0. The van der Waals surface area contributed by atoms with Gasteiger partial charge < -0.3 is 11.1 Å². The van der Waals surface area contributed by atoms with Crippen molar-refractivity contribution in [3.05, 3.63) is 53.1 Å². The summed E-state index contributed by atoms with van der Waals surface area (Å²) in [5.41, 5.74) is 8.08. The van der Waals surface area contributed by atoms with E-state index in [1.54, 1.807) is 6.07 Å². The predicted molar refractivity (Wildman–Crippen MR) is 86.4 cm³/mol. The van der Waals surface area contributed by atoms with Crippen LogP contribution in [-0.4, -0.2) is 11.7 Å². The molecule has 0 aliphatic carbocycles. The Morgan fingerprint density at radius 2 is 2.10 bits per heavy atom. The van der Waals surface area contributed by atoms with Crippen LogP contribution in [0.1, 0.15) is 5.56 Å². The number of benzene rings is 2. The average Bonchev–Trinajstić information content (AvgIpc) is 2.40. The molecular weight excluding hydrogens is 292 g/mol. The Morgan fingerprint density at radius 3 is 2.80 bits per heavy atom. The topological polar surface area (TPSA) is 55.1 Å². The summed E-state index contributed by atoms with van der Waals surface area (Å²) in [5.74, 6) is 0.219. The summed E-state index contributed by atoms with van der Waals surface area (Å²) in [7, 11) is 0. The Hall–Kier alpha value is -1.65. The number of nitrogens with one attached hydrogen (secondary N) is 1. The molecule has 2 rings (SSSR count). The van der Waals surface area contributed by atoms with E-state index in [4.69, 9.17) is 17.3 Å². The molecule has 0 spiro atoms. The zero-order valence-corrected chi connectivity index (χ0v) is 12.6. The molecule has 0 radical (unpaired) electrons. The number of hydrogen-bond donors (Lipinski definition) is 2. The largest absolute Gasteiger partial charge is 0.399 e. The van der Waals surface area contributed by atoms with Gasteiger partial charge in [0.2, 0.25) is 5.91 Å². The number of nitrogens with two attached hydrogens (primary N) is 1. The maximum atomic E-state index is 11.9. The highest BCUT2D eigenvalue weighted by molar-refractivity contribution is 8.00. The van der Waals surface area contributed by atoms with E-state index in [0.29, 0.717) is 22.2 Å². The van der Waals surface area contributed by atoms with E-state index in [2.05, 4.69) is 5.32 Å². The van der Waals surface area contributed by atoms with Gasteiger partial charge in [-0.1, -0.05) is 23.7 Å². The number of halogens is 1. The molecule has 5 heteroatoms. The summed E-state index contributed by atoms with van der Waals surface area (Å²) in [5, 5.41) is 3.35. The molecule has 0 saturated heterocycles. The Labute approximate surface area is 127 Å². The van der Waals surface area contributed by atoms with Crippen molar-refractivity contribution in [1.29, 1.82) is 0 Å². The van der Waals surface area contributed by atoms with E-state index in [9.17, 15) is 4.79 Å². The molecule has 0 heterocycles. The second kappa shape index (κ2) is 6.68. The summed E-state index contributed by atoms with van der Waals surface area (Å²) in [4.78, 5) is 12.9.